The predicted molar refractivity (Wildman–Crippen MR) is 111 cm³/mol. The Labute approximate surface area is 175 Å². The SMILES string of the molecule is Cc1noc(C)c1S(=O)(=O)N[C@@H](C)C(=O)NCC1CCCN(Cc2cccs2)C1. The van der Waals surface area contributed by atoms with Gasteiger partial charge in [0, 0.05) is 24.5 Å². The lowest BCUT2D eigenvalue weighted by Crippen LogP contribution is -2.47. The summed E-state index contributed by atoms with van der Waals surface area (Å²) in [5.74, 6) is 0.227. The van der Waals surface area contributed by atoms with Crippen LogP contribution in [-0.4, -0.2) is 50.1 Å². The molecule has 2 atom stereocenters. The summed E-state index contributed by atoms with van der Waals surface area (Å²) in [6.07, 6.45) is 2.15. The van der Waals surface area contributed by atoms with Gasteiger partial charge in [0.15, 0.2) is 5.76 Å². The first kappa shape index (κ1) is 21.9. The van der Waals surface area contributed by atoms with Crippen molar-refractivity contribution in [1.82, 2.24) is 20.1 Å². The molecule has 3 heterocycles. The molecule has 1 fully saturated rings. The lowest BCUT2D eigenvalue weighted by Gasteiger charge is -2.32. The Balaban J connectivity index is 1.49. The second-order valence-corrected chi connectivity index (χ2v) is 10.2. The maximum Gasteiger partial charge on any atom is 0.246 e. The van der Waals surface area contributed by atoms with E-state index >= 15 is 0 Å². The van der Waals surface area contributed by atoms with Gasteiger partial charge in [-0.05, 0) is 57.5 Å². The van der Waals surface area contributed by atoms with E-state index in [2.05, 4.69) is 37.6 Å². The van der Waals surface area contributed by atoms with Crippen molar-refractivity contribution >= 4 is 27.3 Å². The molecule has 1 saturated heterocycles. The minimum absolute atomic E-state index is 0.00588. The fourth-order valence-corrected chi connectivity index (χ4v) is 5.96. The van der Waals surface area contributed by atoms with Gasteiger partial charge in [0.2, 0.25) is 15.9 Å². The summed E-state index contributed by atoms with van der Waals surface area (Å²) >= 11 is 1.76. The predicted octanol–water partition coefficient (Wildman–Crippen LogP) is 2.05. The molecule has 0 aromatic carbocycles. The Morgan fingerprint density at radius 3 is 2.90 bits per heavy atom. The minimum Gasteiger partial charge on any atom is -0.360 e. The molecule has 2 aromatic heterocycles. The summed E-state index contributed by atoms with van der Waals surface area (Å²) in [6.45, 7) is 8.10. The number of aryl methyl sites for hydroxylation is 2. The number of rotatable bonds is 8. The number of nitrogens with zero attached hydrogens (tertiary/aromatic N) is 2. The van der Waals surface area contributed by atoms with Crippen molar-refractivity contribution in [3.63, 3.8) is 0 Å². The maximum absolute atomic E-state index is 12.6. The molecular weight excluding hydrogens is 412 g/mol. The molecule has 1 aliphatic rings. The fraction of sp³-hybridized carbons (Fsp3) is 0.579. The molecule has 0 aliphatic carbocycles. The van der Waals surface area contributed by atoms with E-state index in [0.29, 0.717) is 12.5 Å². The molecule has 1 aliphatic heterocycles. The van der Waals surface area contributed by atoms with Gasteiger partial charge in [0.05, 0.1) is 6.04 Å². The monoisotopic (exact) mass is 440 g/mol. The molecule has 1 amide bonds. The van der Waals surface area contributed by atoms with E-state index in [9.17, 15) is 13.2 Å². The summed E-state index contributed by atoms with van der Waals surface area (Å²) in [5, 5.41) is 8.65. The molecule has 10 heteroatoms. The lowest BCUT2D eigenvalue weighted by molar-refractivity contribution is -0.122. The first-order chi connectivity index (χ1) is 13.8. The van der Waals surface area contributed by atoms with E-state index in [1.165, 1.54) is 18.7 Å². The van der Waals surface area contributed by atoms with E-state index in [0.717, 1.165) is 32.5 Å². The summed E-state index contributed by atoms with van der Waals surface area (Å²) in [7, 11) is -3.88. The Bertz CT molecular complexity index is 905. The van der Waals surface area contributed by atoms with Crippen molar-refractivity contribution in [2.24, 2.45) is 5.92 Å². The van der Waals surface area contributed by atoms with Crippen LogP contribution in [0.15, 0.2) is 26.9 Å². The van der Waals surface area contributed by atoms with E-state index in [-0.39, 0.29) is 22.3 Å². The number of aromatic nitrogens is 1. The Morgan fingerprint density at radius 1 is 1.45 bits per heavy atom. The molecule has 2 N–H and O–H groups in total. The normalized spacial score (nSPS) is 19.2. The number of carbonyl (C=O) groups excluding carboxylic acids is 1. The summed E-state index contributed by atoms with van der Waals surface area (Å²) < 4.78 is 32.4. The zero-order valence-electron chi connectivity index (χ0n) is 17.0. The van der Waals surface area contributed by atoms with E-state index in [4.69, 9.17) is 4.52 Å². The van der Waals surface area contributed by atoms with Gasteiger partial charge < -0.3 is 9.84 Å². The van der Waals surface area contributed by atoms with Gasteiger partial charge in [-0.3, -0.25) is 9.69 Å². The van der Waals surface area contributed by atoms with Gasteiger partial charge >= 0.3 is 0 Å². The van der Waals surface area contributed by atoms with Crippen molar-refractivity contribution in [3.05, 3.63) is 33.8 Å². The highest BCUT2D eigenvalue weighted by atomic mass is 32.2. The standard InChI is InChI=1S/C19H28N4O4S2/c1-13-18(15(3)27-21-13)29(25,26)22-14(2)19(24)20-10-16-6-4-8-23(11-16)12-17-7-5-9-28-17/h5,7,9,14,16,22H,4,6,8,10-12H2,1-3H3,(H,20,24)/t14-,16?/m0/s1. The van der Waals surface area contributed by atoms with Gasteiger partial charge in [0.1, 0.15) is 10.6 Å². The van der Waals surface area contributed by atoms with Crippen molar-refractivity contribution in [2.45, 2.75) is 51.1 Å². The quantitative estimate of drug-likeness (QED) is 0.651. The van der Waals surface area contributed by atoms with Crippen LogP contribution >= 0.6 is 11.3 Å². The van der Waals surface area contributed by atoms with Crippen LogP contribution in [0, 0.1) is 19.8 Å². The highest BCUT2D eigenvalue weighted by molar-refractivity contribution is 7.89. The van der Waals surface area contributed by atoms with Gasteiger partial charge in [-0.1, -0.05) is 11.2 Å². The number of sulfonamides is 1. The topological polar surface area (TPSA) is 105 Å². The number of hydrogen-bond donors (Lipinski definition) is 2. The van der Waals surface area contributed by atoms with Crippen LogP contribution in [0.4, 0.5) is 0 Å². The first-order valence-corrected chi connectivity index (χ1v) is 12.1. The third-order valence-electron chi connectivity index (χ3n) is 5.09. The van der Waals surface area contributed by atoms with E-state index in [1.807, 2.05) is 0 Å². The first-order valence-electron chi connectivity index (χ1n) is 9.74. The van der Waals surface area contributed by atoms with E-state index in [1.54, 1.807) is 18.3 Å². The molecule has 1 unspecified atom stereocenters. The highest BCUT2D eigenvalue weighted by Gasteiger charge is 2.28. The van der Waals surface area contributed by atoms with E-state index < -0.39 is 16.1 Å². The third kappa shape index (κ3) is 5.65. The van der Waals surface area contributed by atoms with Crippen LogP contribution in [0.3, 0.4) is 0 Å². The summed E-state index contributed by atoms with van der Waals surface area (Å²) in [5.41, 5.74) is 0.274. The van der Waals surface area contributed by atoms with Crippen molar-refractivity contribution in [1.29, 1.82) is 0 Å². The highest BCUT2D eigenvalue weighted by Crippen LogP contribution is 2.21. The zero-order chi connectivity index (χ0) is 21.0. The molecule has 8 nitrogen and oxygen atoms in total. The molecular formula is C19H28N4O4S2. The Hall–Kier alpha value is -1.75. The number of likely N-dealkylation sites (tertiary alicyclic amines) is 1. The lowest BCUT2D eigenvalue weighted by atomic mass is 9.98. The maximum atomic E-state index is 12.6. The Morgan fingerprint density at radius 2 is 2.24 bits per heavy atom. The average molecular weight is 441 g/mol. The zero-order valence-corrected chi connectivity index (χ0v) is 18.6. The van der Waals surface area contributed by atoms with Crippen LogP contribution in [0.2, 0.25) is 0 Å². The van der Waals surface area contributed by atoms with Gasteiger partial charge in [-0.15, -0.1) is 11.3 Å². The smallest absolute Gasteiger partial charge is 0.246 e. The van der Waals surface area contributed by atoms with Crippen molar-refractivity contribution in [3.8, 4) is 0 Å². The molecule has 160 valence electrons. The largest absolute Gasteiger partial charge is 0.360 e. The molecule has 3 rings (SSSR count). The number of thiophene rings is 1. The fourth-order valence-electron chi connectivity index (χ4n) is 3.69. The summed E-state index contributed by atoms with van der Waals surface area (Å²) in [4.78, 5) is 16.2. The molecule has 0 radical (unpaired) electrons. The molecule has 0 spiro atoms. The number of amides is 1. The molecule has 29 heavy (non-hydrogen) atoms. The van der Waals surface area contributed by atoms with Crippen molar-refractivity contribution < 1.29 is 17.7 Å². The van der Waals surface area contributed by atoms with Crippen LogP contribution < -0.4 is 10.0 Å². The van der Waals surface area contributed by atoms with Crippen LogP contribution in [-0.2, 0) is 21.4 Å². The third-order valence-corrected chi connectivity index (χ3v) is 7.73. The number of piperidine rings is 1. The van der Waals surface area contributed by atoms with Gasteiger partial charge in [0.25, 0.3) is 0 Å². The number of nitrogens with one attached hydrogen (secondary N) is 2. The second kappa shape index (κ2) is 9.38. The second-order valence-electron chi connectivity index (χ2n) is 7.56. The van der Waals surface area contributed by atoms with Crippen LogP contribution in [0.5, 0.6) is 0 Å². The number of carbonyl (C=O) groups is 1. The average Bonchev–Trinajstić information content (AvgIpc) is 3.29. The summed E-state index contributed by atoms with van der Waals surface area (Å²) in [6, 6.07) is 3.31. The van der Waals surface area contributed by atoms with Crippen LogP contribution in [0.1, 0.15) is 36.1 Å². The van der Waals surface area contributed by atoms with Crippen LogP contribution in [0.25, 0.3) is 0 Å². The Kier molecular flexibility index (Phi) is 7.10. The van der Waals surface area contributed by atoms with Gasteiger partial charge in [-0.2, -0.15) is 4.72 Å². The minimum atomic E-state index is -3.88. The molecule has 2 aromatic rings. The van der Waals surface area contributed by atoms with Gasteiger partial charge in [-0.25, -0.2) is 8.42 Å². The van der Waals surface area contributed by atoms with Crippen molar-refractivity contribution in [2.75, 3.05) is 19.6 Å². The number of hydrogen-bond acceptors (Lipinski definition) is 7. The molecule has 0 saturated carbocycles. The molecule has 0 bridgehead atoms.